The van der Waals surface area contributed by atoms with E-state index in [4.69, 9.17) is 5.73 Å². The Morgan fingerprint density at radius 1 is 1.35 bits per heavy atom. The van der Waals surface area contributed by atoms with Gasteiger partial charge in [0.15, 0.2) is 0 Å². The third kappa shape index (κ3) is 3.43. The van der Waals surface area contributed by atoms with Crippen LogP contribution in [-0.2, 0) is 10.0 Å². The Hall–Kier alpha value is -1.27. The predicted molar refractivity (Wildman–Crippen MR) is 82.1 cm³/mol. The molecule has 20 heavy (non-hydrogen) atoms. The summed E-state index contributed by atoms with van der Waals surface area (Å²) in [6.45, 7) is 4.30. The van der Waals surface area contributed by atoms with Crippen LogP contribution in [0.25, 0.3) is 0 Å². The van der Waals surface area contributed by atoms with E-state index in [9.17, 15) is 8.42 Å². The summed E-state index contributed by atoms with van der Waals surface area (Å²) in [6.07, 6.45) is 3.51. The maximum absolute atomic E-state index is 12.0. The molecule has 0 aliphatic heterocycles. The summed E-state index contributed by atoms with van der Waals surface area (Å²) in [7, 11) is -3.43. The summed E-state index contributed by atoms with van der Waals surface area (Å²) in [5, 5.41) is 3.36. The zero-order valence-electron chi connectivity index (χ0n) is 12.0. The smallest absolute Gasteiger partial charge is 0.240 e. The SMILES string of the molecule is CCCC1CC1Nc1cc(S(=O)(=O)NCC)ccc1N. The zero-order valence-corrected chi connectivity index (χ0v) is 12.8. The van der Waals surface area contributed by atoms with Gasteiger partial charge in [-0.1, -0.05) is 20.3 Å². The number of rotatable bonds is 7. The standard InChI is InChI=1S/C14H23N3O2S/c1-3-5-10-8-13(10)17-14-9-11(6-7-12(14)15)20(18,19)16-4-2/h6-7,9-10,13,16-17H,3-5,8,15H2,1-2H3. The Labute approximate surface area is 121 Å². The molecule has 0 bridgehead atoms. The highest BCUT2D eigenvalue weighted by molar-refractivity contribution is 7.89. The molecule has 0 saturated heterocycles. The number of nitrogens with two attached hydrogens (primary N) is 1. The van der Waals surface area contributed by atoms with Crippen molar-refractivity contribution in [1.29, 1.82) is 0 Å². The molecule has 4 N–H and O–H groups in total. The van der Waals surface area contributed by atoms with Gasteiger partial charge >= 0.3 is 0 Å². The molecule has 5 nitrogen and oxygen atoms in total. The first-order valence-electron chi connectivity index (χ1n) is 7.13. The van der Waals surface area contributed by atoms with Gasteiger partial charge in [-0.2, -0.15) is 0 Å². The van der Waals surface area contributed by atoms with Crippen molar-refractivity contribution in [2.45, 2.75) is 44.0 Å². The number of nitrogen functional groups attached to an aromatic ring is 1. The van der Waals surface area contributed by atoms with Crippen molar-refractivity contribution in [2.75, 3.05) is 17.6 Å². The van der Waals surface area contributed by atoms with Crippen molar-refractivity contribution < 1.29 is 8.42 Å². The van der Waals surface area contributed by atoms with Crippen LogP contribution in [0.4, 0.5) is 11.4 Å². The molecular formula is C14H23N3O2S. The summed E-state index contributed by atoms with van der Waals surface area (Å²) < 4.78 is 26.5. The maximum Gasteiger partial charge on any atom is 0.240 e. The highest BCUT2D eigenvalue weighted by Gasteiger charge is 2.36. The first-order chi connectivity index (χ1) is 9.47. The number of hydrogen-bond acceptors (Lipinski definition) is 4. The third-order valence-corrected chi connectivity index (χ3v) is 5.14. The summed E-state index contributed by atoms with van der Waals surface area (Å²) in [5.74, 6) is 0.688. The monoisotopic (exact) mass is 297 g/mol. The Kier molecular flexibility index (Phi) is 4.55. The van der Waals surface area contributed by atoms with Gasteiger partial charge in [0, 0.05) is 12.6 Å². The minimum Gasteiger partial charge on any atom is -0.397 e. The van der Waals surface area contributed by atoms with Gasteiger partial charge in [0.2, 0.25) is 10.0 Å². The molecule has 2 atom stereocenters. The molecule has 0 aromatic heterocycles. The van der Waals surface area contributed by atoms with E-state index in [1.165, 1.54) is 18.9 Å². The molecule has 0 amide bonds. The first kappa shape index (κ1) is 15.1. The van der Waals surface area contributed by atoms with Gasteiger partial charge in [-0.05, 0) is 37.0 Å². The van der Waals surface area contributed by atoms with Crippen molar-refractivity contribution in [3.8, 4) is 0 Å². The average molecular weight is 297 g/mol. The second-order valence-corrected chi connectivity index (χ2v) is 7.05. The van der Waals surface area contributed by atoms with Gasteiger partial charge in [-0.3, -0.25) is 0 Å². The van der Waals surface area contributed by atoms with E-state index in [-0.39, 0.29) is 4.90 Å². The highest BCUT2D eigenvalue weighted by atomic mass is 32.2. The summed E-state index contributed by atoms with van der Waals surface area (Å²) in [5.41, 5.74) is 7.23. The molecule has 1 aromatic rings. The third-order valence-electron chi connectivity index (χ3n) is 3.59. The molecule has 1 fully saturated rings. The van der Waals surface area contributed by atoms with Gasteiger partial charge < -0.3 is 11.1 Å². The largest absolute Gasteiger partial charge is 0.397 e. The predicted octanol–water partition coefficient (Wildman–Crippen LogP) is 2.17. The van der Waals surface area contributed by atoms with E-state index in [0.29, 0.717) is 29.9 Å². The van der Waals surface area contributed by atoms with Crippen molar-refractivity contribution in [2.24, 2.45) is 5.92 Å². The van der Waals surface area contributed by atoms with Gasteiger partial charge in [0.25, 0.3) is 0 Å². The van der Waals surface area contributed by atoms with Crippen LogP contribution >= 0.6 is 0 Å². The van der Waals surface area contributed by atoms with Crippen LogP contribution in [0, 0.1) is 5.92 Å². The fraction of sp³-hybridized carbons (Fsp3) is 0.571. The lowest BCUT2D eigenvalue weighted by molar-refractivity contribution is 0.584. The van der Waals surface area contributed by atoms with Crippen LogP contribution in [0.5, 0.6) is 0 Å². The normalized spacial score (nSPS) is 21.7. The van der Waals surface area contributed by atoms with E-state index >= 15 is 0 Å². The second kappa shape index (κ2) is 6.01. The number of hydrogen-bond donors (Lipinski definition) is 3. The van der Waals surface area contributed by atoms with Crippen LogP contribution < -0.4 is 15.8 Å². The van der Waals surface area contributed by atoms with Crippen LogP contribution in [-0.4, -0.2) is 21.0 Å². The average Bonchev–Trinajstić information content (AvgIpc) is 3.10. The molecule has 1 aromatic carbocycles. The van der Waals surface area contributed by atoms with Crippen LogP contribution in [0.15, 0.2) is 23.1 Å². The Morgan fingerprint density at radius 2 is 2.10 bits per heavy atom. The Balaban J connectivity index is 2.14. The highest BCUT2D eigenvalue weighted by Crippen LogP contribution is 2.38. The lowest BCUT2D eigenvalue weighted by Crippen LogP contribution is -2.23. The Morgan fingerprint density at radius 3 is 2.75 bits per heavy atom. The van der Waals surface area contributed by atoms with Crippen molar-refractivity contribution in [3.63, 3.8) is 0 Å². The van der Waals surface area contributed by atoms with Gasteiger partial charge in [-0.25, -0.2) is 13.1 Å². The van der Waals surface area contributed by atoms with Gasteiger partial charge in [0.1, 0.15) is 0 Å². The number of anilines is 2. The van der Waals surface area contributed by atoms with E-state index in [2.05, 4.69) is 17.0 Å². The van der Waals surface area contributed by atoms with Gasteiger partial charge in [-0.15, -0.1) is 0 Å². The molecule has 6 heteroatoms. The summed E-state index contributed by atoms with van der Waals surface area (Å²) in [6, 6.07) is 5.22. The van der Waals surface area contributed by atoms with E-state index in [1.54, 1.807) is 19.1 Å². The molecular weight excluding hydrogens is 274 g/mol. The van der Waals surface area contributed by atoms with E-state index in [0.717, 1.165) is 6.42 Å². The maximum atomic E-state index is 12.0. The summed E-state index contributed by atoms with van der Waals surface area (Å²) >= 11 is 0. The molecule has 0 radical (unpaired) electrons. The molecule has 1 aliphatic rings. The Bertz CT molecular complexity index is 572. The van der Waals surface area contributed by atoms with E-state index in [1.807, 2.05) is 0 Å². The molecule has 1 aliphatic carbocycles. The number of sulfonamides is 1. The van der Waals surface area contributed by atoms with Crippen LogP contribution in [0.2, 0.25) is 0 Å². The molecule has 112 valence electrons. The molecule has 1 saturated carbocycles. The van der Waals surface area contributed by atoms with Gasteiger partial charge in [0.05, 0.1) is 16.3 Å². The van der Waals surface area contributed by atoms with Crippen LogP contribution in [0.1, 0.15) is 33.1 Å². The van der Waals surface area contributed by atoms with Crippen molar-refractivity contribution in [3.05, 3.63) is 18.2 Å². The minimum absolute atomic E-state index is 0.253. The fourth-order valence-corrected chi connectivity index (χ4v) is 3.48. The lowest BCUT2D eigenvalue weighted by Gasteiger charge is -2.12. The van der Waals surface area contributed by atoms with E-state index < -0.39 is 10.0 Å². The van der Waals surface area contributed by atoms with Crippen molar-refractivity contribution >= 4 is 21.4 Å². The minimum atomic E-state index is -3.43. The molecule has 2 unspecified atom stereocenters. The van der Waals surface area contributed by atoms with Crippen molar-refractivity contribution in [1.82, 2.24) is 4.72 Å². The summed E-state index contributed by atoms with van der Waals surface area (Å²) in [4.78, 5) is 0.253. The second-order valence-electron chi connectivity index (χ2n) is 5.29. The number of benzene rings is 1. The number of nitrogens with one attached hydrogen (secondary N) is 2. The quantitative estimate of drug-likeness (QED) is 0.673. The first-order valence-corrected chi connectivity index (χ1v) is 8.62. The topological polar surface area (TPSA) is 84.2 Å². The molecule has 0 spiro atoms. The molecule has 2 rings (SSSR count). The lowest BCUT2D eigenvalue weighted by atomic mass is 10.2. The van der Waals surface area contributed by atoms with Crippen LogP contribution in [0.3, 0.4) is 0 Å². The fourth-order valence-electron chi connectivity index (χ4n) is 2.41. The molecule has 0 heterocycles. The zero-order chi connectivity index (χ0) is 14.8.